The highest BCUT2D eigenvalue weighted by Gasteiger charge is 2.11. The number of rotatable bonds is 6. The summed E-state index contributed by atoms with van der Waals surface area (Å²) in [4.78, 5) is 32.2. The second kappa shape index (κ2) is 8.92. The van der Waals surface area contributed by atoms with Gasteiger partial charge in [0.1, 0.15) is 11.5 Å². The van der Waals surface area contributed by atoms with Crippen LogP contribution in [-0.4, -0.2) is 21.8 Å². The van der Waals surface area contributed by atoms with Crippen molar-refractivity contribution in [3.63, 3.8) is 0 Å². The highest BCUT2D eigenvalue weighted by Crippen LogP contribution is 2.18. The Hall–Kier alpha value is -3.81. The summed E-state index contributed by atoms with van der Waals surface area (Å²) in [7, 11) is 0. The topological polar surface area (TPSA) is 96.0 Å². The Balaban J connectivity index is 1.71. The molecule has 3 rings (SSSR count). The molecule has 0 aliphatic heterocycles. The van der Waals surface area contributed by atoms with E-state index < -0.39 is 0 Å². The van der Waals surface area contributed by atoms with Crippen molar-refractivity contribution < 1.29 is 14.0 Å². The van der Waals surface area contributed by atoms with Gasteiger partial charge in [-0.15, -0.1) is 0 Å². The summed E-state index contributed by atoms with van der Waals surface area (Å²) >= 11 is 0. The van der Waals surface area contributed by atoms with Crippen molar-refractivity contribution in [3.8, 4) is 0 Å². The lowest BCUT2D eigenvalue weighted by Crippen LogP contribution is -2.24. The molecular weight excluding hydrogens is 373 g/mol. The standard InChI is InChI=1S/C21H20FN5O2/c1-13-10-19(20(29)23-12-15-6-8-16(22)9-7-15)27-21(24-13)26-18-5-3-4-17(11-18)25-14(2)28/h3-11H,12H2,1-2H3,(H,23,29)(H,25,28)(H,24,26,27). The SMILES string of the molecule is CC(=O)Nc1cccc(Nc2nc(C)cc(C(=O)NCc3ccc(F)cc3)n2)c1. The van der Waals surface area contributed by atoms with Crippen LogP contribution < -0.4 is 16.0 Å². The lowest BCUT2D eigenvalue weighted by Gasteiger charge is -2.10. The molecule has 0 aliphatic rings. The van der Waals surface area contributed by atoms with Crippen molar-refractivity contribution in [3.05, 3.63) is 77.4 Å². The molecule has 8 heteroatoms. The molecule has 148 valence electrons. The van der Waals surface area contributed by atoms with Crippen molar-refractivity contribution in [2.75, 3.05) is 10.6 Å². The fourth-order valence-corrected chi connectivity index (χ4v) is 2.62. The van der Waals surface area contributed by atoms with E-state index in [9.17, 15) is 14.0 Å². The Labute approximate surface area is 167 Å². The highest BCUT2D eigenvalue weighted by molar-refractivity contribution is 5.92. The summed E-state index contributed by atoms with van der Waals surface area (Å²) in [5, 5.41) is 8.50. The van der Waals surface area contributed by atoms with Gasteiger partial charge in [0.15, 0.2) is 0 Å². The Kier molecular flexibility index (Phi) is 6.13. The van der Waals surface area contributed by atoms with Gasteiger partial charge in [-0.2, -0.15) is 0 Å². The zero-order valence-corrected chi connectivity index (χ0v) is 16.0. The lowest BCUT2D eigenvalue weighted by atomic mass is 10.2. The molecule has 0 saturated heterocycles. The smallest absolute Gasteiger partial charge is 0.270 e. The van der Waals surface area contributed by atoms with Crippen molar-refractivity contribution >= 4 is 29.1 Å². The number of carbonyl (C=O) groups is 2. The number of benzene rings is 2. The maximum absolute atomic E-state index is 13.0. The summed E-state index contributed by atoms with van der Waals surface area (Å²) in [5.41, 5.74) is 2.90. The van der Waals surface area contributed by atoms with Crippen LogP contribution >= 0.6 is 0 Å². The molecule has 29 heavy (non-hydrogen) atoms. The molecule has 1 heterocycles. The second-order valence-electron chi connectivity index (χ2n) is 6.41. The fraction of sp³-hybridized carbons (Fsp3) is 0.143. The normalized spacial score (nSPS) is 10.3. The molecule has 1 aromatic heterocycles. The first-order valence-electron chi connectivity index (χ1n) is 8.92. The zero-order valence-electron chi connectivity index (χ0n) is 16.0. The number of hydrogen-bond donors (Lipinski definition) is 3. The monoisotopic (exact) mass is 393 g/mol. The van der Waals surface area contributed by atoms with Crippen molar-refractivity contribution in [2.45, 2.75) is 20.4 Å². The molecule has 7 nitrogen and oxygen atoms in total. The van der Waals surface area contributed by atoms with Gasteiger partial charge in [0.05, 0.1) is 0 Å². The van der Waals surface area contributed by atoms with Gasteiger partial charge in [-0.05, 0) is 48.9 Å². The van der Waals surface area contributed by atoms with E-state index in [0.29, 0.717) is 17.1 Å². The van der Waals surface area contributed by atoms with E-state index in [-0.39, 0.29) is 35.8 Å². The summed E-state index contributed by atoms with van der Waals surface area (Å²) < 4.78 is 13.0. The van der Waals surface area contributed by atoms with Crippen LogP contribution in [0.4, 0.5) is 21.7 Å². The largest absolute Gasteiger partial charge is 0.347 e. The molecule has 0 spiro atoms. The van der Waals surface area contributed by atoms with Gasteiger partial charge < -0.3 is 16.0 Å². The maximum Gasteiger partial charge on any atom is 0.270 e. The molecule has 0 unspecified atom stereocenters. The van der Waals surface area contributed by atoms with Crippen LogP contribution in [0.1, 0.15) is 28.7 Å². The van der Waals surface area contributed by atoms with Gasteiger partial charge in [-0.1, -0.05) is 18.2 Å². The molecule has 2 amide bonds. The molecule has 0 radical (unpaired) electrons. The van der Waals surface area contributed by atoms with Crippen LogP contribution in [0.2, 0.25) is 0 Å². The van der Waals surface area contributed by atoms with E-state index in [1.54, 1.807) is 49.4 Å². The third-order valence-corrected chi connectivity index (χ3v) is 3.89. The van der Waals surface area contributed by atoms with E-state index in [4.69, 9.17) is 0 Å². The van der Waals surface area contributed by atoms with E-state index in [1.165, 1.54) is 19.1 Å². The Morgan fingerprint density at radius 2 is 1.72 bits per heavy atom. The first kappa shape index (κ1) is 19.9. The van der Waals surface area contributed by atoms with E-state index in [2.05, 4.69) is 25.9 Å². The molecule has 0 fully saturated rings. The minimum absolute atomic E-state index is 0.172. The molecular formula is C21H20FN5O2. The van der Waals surface area contributed by atoms with Crippen molar-refractivity contribution in [2.24, 2.45) is 0 Å². The van der Waals surface area contributed by atoms with E-state index in [1.807, 2.05) is 0 Å². The van der Waals surface area contributed by atoms with Gasteiger partial charge in [0.2, 0.25) is 11.9 Å². The average Bonchev–Trinajstić information content (AvgIpc) is 2.66. The number of nitrogens with one attached hydrogen (secondary N) is 3. The van der Waals surface area contributed by atoms with Crippen molar-refractivity contribution in [1.82, 2.24) is 15.3 Å². The summed E-state index contributed by atoms with van der Waals surface area (Å²) in [5.74, 6) is -0.606. The van der Waals surface area contributed by atoms with Gasteiger partial charge in [-0.3, -0.25) is 9.59 Å². The molecule has 0 atom stereocenters. The third-order valence-electron chi connectivity index (χ3n) is 3.89. The number of anilines is 3. The van der Waals surface area contributed by atoms with E-state index in [0.717, 1.165) is 5.56 Å². The van der Waals surface area contributed by atoms with Crippen LogP contribution in [-0.2, 0) is 11.3 Å². The quantitative estimate of drug-likeness (QED) is 0.595. The minimum atomic E-state index is -0.366. The number of aryl methyl sites for hydroxylation is 1. The number of hydrogen-bond acceptors (Lipinski definition) is 5. The predicted molar refractivity (Wildman–Crippen MR) is 108 cm³/mol. The second-order valence-corrected chi connectivity index (χ2v) is 6.41. The van der Waals surface area contributed by atoms with Gasteiger partial charge >= 0.3 is 0 Å². The van der Waals surface area contributed by atoms with Gasteiger partial charge in [-0.25, -0.2) is 14.4 Å². The number of halogens is 1. The van der Waals surface area contributed by atoms with E-state index >= 15 is 0 Å². The van der Waals surface area contributed by atoms with Crippen LogP contribution in [0, 0.1) is 12.7 Å². The first-order chi connectivity index (χ1) is 13.9. The molecule has 0 saturated carbocycles. The number of carbonyl (C=O) groups excluding carboxylic acids is 2. The van der Waals surface area contributed by atoms with Crippen LogP contribution in [0.15, 0.2) is 54.6 Å². The maximum atomic E-state index is 13.0. The zero-order chi connectivity index (χ0) is 20.8. The fourth-order valence-electron chi connectivity index (χ4n) is 2.62. The van der Waals surface area contributed by atoms with Crippen LogP contribution in [0.5, 0.6) is 0 Å². The first-order valence-corrected chi connectivity index (χ1v) is 8.92. The predicted octanol–water partition coefficient (Wildman–Crippen LogP) is 3.56. The third kappa shape index (κ3) is 5.83. The molecule has 2 aromatic carbocycles. The van der Waals surface area contributed by atoms with Crippen molar-refractivity contribution in [1.29, 1.82) is 0 Å². The summed E-state index contributed by atoms with van der Waals surface area (Å²) in [6, 6.07) is 14.6. The van der Waals surface area contributed by atoms with Gasteiger partial charge in [0.25, 0.3) is 5.91 Å². The Morgan fingerprint density at radius 1 is 1.00 bits per heavy atom. The summed E-state index contributed by atoms with van der Waals surface area (Å²) in [6.07, 6.45) is 0. The Bertz CT molecular complexity index is 1040. The lowest BCUT2D eigenvalue weighted by molar-refractivity contribution is -0.114. The number of nitrogens with zero attached hydrogens (tertiary/aromatic N) is 2. The molecule has 0 aliphatic carbocycles. The molecule has 0 bridgehead atoms. The van der Waals surface area contributed by atoms with Crippen LogP contribution in [0.25, 0.3) is 0 Å². The van der Waals surface area contributed by atoms with Gasteiger partial charge in [0, 0.05) is 30.5 Å². The minimum Gasteiger partial charge on any atom is -0.347 e. The number of aromatic nitrogens is 2. The highest BCUT2D eigenvalue weighted by atomic mass is 19.1. The van der Waals surface area contributed by atoms with Crippen LogP contribution in [0.3, 0.4) is 0 Å². The average molecular weight is 393 g/mol. The summed E-state index contributed by atoms with van der Waals surface area (Å²) in [6.45, 7) is 3.45. The molecule has 3 N–H and O–H groups in total. The Morgan fingerprint density at radius 3 is 2.45 bits per heavy atom. The number of amides is 2. The molecule has 3 aromatic rings.